The van der Waals surface area contributed by atoms with Crippen molar-refractivity contribution in [1.29, 1.82) is 0 Å². The second kappa shape index (κ2) is 6.44. The van der Waals surface area contributed by atoms with Crippen LogP contribution in [0.15, 0.2) is 48.5 Å². The van der Waals surface area contributed by atoms with Crippen LogP contribution in [0.25, 0.3) is 0 Å². The molecule has 2 aromatic carbocycles. The lowest BCUT2D eigenvalue weighted by atomic mass is 10.1. The highest BCUT2D eigenvalue weighted by Crippen LogP contribution is 2.24. The van der Waals surface area contributed by atoms with Gasteiger partial charge in [0.05, 0.1) is 15.9 Å². The Morgan fingerprint density at radius 3 is 2.29 bits per heavy atom. The summed E-state index contributed by atoms with van der Waals surface area (Å²) in [6.45, 7) is 0.156. The molecule has 0 fully saturated rings. The van der Waals surface area contributed by atoms with Gasteiger partial charge in [-0.15, -0.1) is 0 Å². The first-order valence-electron chi connectivity index (χ1n) is 6.03. The normalized spacial score (nSPS) is 10.1. The maximum Gasteiger partial charge on any atom is 0.280 e. The predicted octanol–water partition coefficient (Wildman–Crippen LogP) is 2.62. The van der Waals surface area contributed by atoms with E-state index in [4.69, 9.17) is 0 Å². The number of rotatable bonds is 6. The van der Waals surface area contributed by atoms with Gasteiger partial charge < -0.3 is 5.43 Å². The molecule has 0 bridgehead atoms. The Balaban J connectivity index is 2.09. The first-order chi connectivity index (χ1) is 10.1. The fourth-order valence-corrected chi connectivity index (χ4v) is 1.75. The first-order valence-corrected chi connectivity index (χ1v) is 6.03. The van der Waals surface area contributed by atoms with Crippen LogP contribution in [0.5, 0.6) is 0 Å². The van der Waals surface area contributed by atoms with Crippen molar-refractivity contribution in [2.24, 2.45) is 0 Å². The predicted molar refractivity (Wildman–Crippen MR) is 76.7 cm³/mol. The number of hydrazine groups is 1. The van der Waals surface area contributed by atoms with Crippen LogP contribution in [0.2, 0.25) is 0 Å². The summed E-state index contributed by atoms with van der Waals surface area (Å²) in [4.78, 5) is 20.3. The van der Waals surface area contributed by atoms with Crippen molar-refractivity contribution in [3.05, 3.63) is 74.3 Å². The summed E-state index contributed by atoms with van der Waals surface area (Å²) in [5.41, 5.74) is 6.30. The van der Waals surface area contributed by atoms with E-state index < -0.39 is 9.85 Å². The van der Waals surface area contributed by atoms with E-state index in [2.05, 4.69) is 10.9 Å². The average molecular weight is 288 g/mol. The van der Waals surface area contributed by atoms with Crippen LogP contribution in [-0.4, -0.2) is 9.85 Å². The molecule has 0 heterocycles. The topological polar surface area (TPSA) is 110 Å². The molecular formula is C13H12N4O4. The van der Waals surface area contributed by atoms with Gasteiger partial charge in [0.25, 0.3) is 11.4 Å². The third-order valence-electron chi connectivity index (χ3n) is 2.76. The molecule has 0 aliphatic rings. The monoisotopic (exact) mass is 288 g/mol. The van der Waals surface area contributed by atoms with Crippen molar-refractivity contribution in [1.82, 2.24) is 5.43 Å². The van der Waals surface area contributed by atoms with E-state index in [1.807, 2.05) is 30.3 Å². The molecule has 2 rings (SSSR count). The summed E-state index contributed by atoms with van der Waals surface area (Å²) >= 11 is 0. The molecular weight excluding hydrogens is 276 g/mol. The van der Waals surface area contributed by atoms with Gasteiger partial charge in [0, 0.05) is 23.9 Å². The van der Waals surface area contributed by atoms with Gasteiger partial charge in [-0.2, -0.15) is 0 Å². The van der Waals surface area contributed by atoms with Crippen LogP contribution >= 0.6 is 0 Å². The number of nitro groups is 2. The van der Waals surface area contributed by atoms with Gasteiger partial charge in [-0.25, -0.2) is 5.43 Å². The standard InChI is InChI=1S/C13H12N4O4/c18-16(19)12-7-6-10(13(8-12)17(20)21)9-14-15-11-4-2-1-3-5-11/h1-8,14-15H,9H2. The molecule has 0 aliphatic carbocycles. The van der Waals surface area contributed by atoms with E-state index in [1.54, 1.807) is 0 Å². The first kappa shape index (κ1) is 14.4. The maximum atomic E-state index is 11.0. The Kier molecular flexibility index (Phi) is 4.42. The number of hydrogen-bond acceptors (Lipinski definition) is 6. The number of nitro benzene ring substituents is 2. The highest BCUT2D eigenvalue weighted by molar-refractivity contribution is 5.49. The van der Waals surface area contributed by atoms with Gasteiger partial charge in [-0.3, -0.25) is 20.2 Å². The Hall–Kier alpha value is -3.00. The molecule has 0 spiro atoms. The van der Waals surface area contributed by atoms with Crippen LogP contribution < -0.4 is 10.9 Å². The Labute approximate surface area is 119 Å². The molecule has 8 heteroatoms. The van der Waals surface area contributed by atoms with Crippen LogP contribution in [0.1, 0.15) is 5.56 Å². The van der Waals surface area contributed by atoms with Crippen molar-refractivity contribution in [3.8, 4) is 0 Å². The third kappa shape index (κ3) is 3.74. The van der Waals surface area contributed by atoms with Gasteiger partial charge in [0.15, 0.2) is 0 Å². The molecule has 0 aromatic heterocycles. The summed E-state index contributed by atoms with van der Waals surface area (Å²) in [6.07, 6.45) is 0. The highest BCUT2D eigenvalue weighted by atomic mass is 16.6. The average Bonchev–Trinajstić information content (AvgIpc) is 2.48. The van der Waals surface area contributed by atoms with Crippen LogP contribution in [0, 0.1) is 20.2 Å². The lowest BCUT2D eigenvalue weighted by Crippen LogP contribution is -2.21. The van der Waals surface area contributed by atoms with Crippen molar-refractivity contribution in [3.63, 3.8) is 0 Å². The molecule has 0 aliphatic heterocycles. The molecule has 21 heavy (non-hydrogen) atoms. The Morgan fingerprint density at radius 2 is 1.67 bits per heavy atom. The number of benzene rings is 2. The number of nitrogens with zero attached hydrogens (tertiary/aromatic N) is 2. The van der Waals surface area contributed by atoms with Crippen molar-refractivity contribution < 1.29 is 9.85 Å². The molecule has 0 radical (unpaired) electrons. The van der Waals surface area contributed by atoms with Crippen molar-refractivity contribution in [2.75, 3.05) is 5.43 Å². The van der Waals surface area contributed by atoms with E-state index >= 15 is 0 Å². The van der Waals surface area contributed by atoms with Crippen molar-refractivity contribution in [2.45, 2.75) is 6.54 Å². The number of para-hydroxylation sites is 1. The molecule has 0 saturated carbocycles. The maximum absolute atomic E-state index is 11.0. The fraction of sp³-hybridized carbons (Fsp3) is 0.0769. The SMILES string of the molecule is O=[N+]([O-])c1ccc(CNNc2ccccc2)c([N+](=O)[O-])c1. The van der Waals surface area contributed by atoms with Crippen LogP contribution in [-0.2, 0) is 6.54 Å². The summed E-state index contributed by atoms with van der Waals surface area (Å²) in [6, 6.07) is 12.8. The number of anilines is 1. The van der Waals surface area contributed by atoms with Gasteiger partial charge in [-0.05, 0) is 18.2 Å². The molecule has 2 aromatic rings. The minimum atomic E-state index is -0.660. The third-order valence-corrected chi connectivity index (χ3v) is 2.76. The number of nitrogens with one attached hydrogen (secondary N) is 2. The largest absolute Gasteiger partial charge is 0.321 e. The molecule has 0 amide bonds. The summed E-state index contributed by atoms with van der Waals surface area (Å²) in [7, 11) is 0. The molecule has 2 N–H and O–H groups in total. The quantitative estimate of drug-likeness (QED) is 0.624. The molecule has 108 valence electrons. The Bertz CT molecular complexity index is 660. The highest BCUT2D eigenvalue weighted by Gasteiger charge is 2.18. The van der Waals surface area contributed by atoms with E-state index in [0.29, 0.717) is 5.56 Å². The van der Waals surface area contributed by atoms with Gasteiger partial charge in [0.1, 0.15) is 0 Å². The van der Waals surface area contributed by atoms with Crippen LogP contribution in [0.4, 0.5) is 17.1 Å². The second-order valence-electron chi connectivity index (χ2n) is 4.17. The summed E-state index contributed by atoms with van der Waals surface area (Å²) in [5, 5.41) is 21.6. The molecule has 0 saturated heterocycles. The minimum Gasteiger partial charge on any atom is -0.321 e. The van der Waals surface area contributed by atoms with Gasteiger partial charge in [0.2, 0.25) is 0 Å². The zero-order chi connectivity index (χ0) is 15.2. The number of hydrogen-bond donors (Lipinski definition) is 2. The molecule has 0 unspecified atom stereocenters. The lowest BCUT2D eigenvalue weighted by molar-refractivity contribution is -0.394. The zero-order valence-corrected chi connectivity index (χ0v) is 10.9. The van der Waals surface area contributed by atoms with E-state index in [9.17, 15) is 20.2 Å². The summed E-state index contributed by atoms with van der Waals surface area (Å²) in [5.74, 6) is 0. The van der Waals surface area contributed by atoms with E-state index in [0.717, 1.165) is 11.8 Å². The van der Waals surface area contributed by atoms with Gasteiger partial charge >= 0.3 is 0 Å². The lowest BCUT2D eigenvalue weighted by Gasteiger charge is -2.08. The zero-order valence-electron chi connectivity index (χ0n) is 10.9. The Morgan fingerprint density at radius 1 is 0.952 bits per heavy atom. The van der Waals surface area contributed by atoms with Gasteiger partial charge in [-0.1, -0.05) is 18.2 Å². The summed E-state index contributed by atoms with van der Waals surface area (Å²) < 4.78 is 0. The second-order valence-corrected chi connectivity index (χ2v) is 4.17. The molecule has 8 nitrogen and oxygen atoms in total. The number of non-ortho nitro benzene ring substituents is 1. The molecule has 0 atom stereocenters. The smallest absolute Gasteiger partial charge is 0.280 e. The van der Waals surface area contributed by atoms with Crippen molar-refractivity contribution >= 4 is 17.1 Å². The van der Waals surface area contributed by atoms with E-state index in [-0.39, 0.29) is 17.9 Å². The van der Waals surface area contributed by atoms with Crippen LogP contribution in [0.3, 0.4) is 0 Å². The minimum absolute atomic E-state index is 0.156. The van der Waals surface area contributed by atoms with E-state index in [1.165, 1.54) is 12.1 Å². The fourth-order valence-electron chi connectivity index (χ4n) is 1.75.